The Morgan fingerprint density at radius 1 is 1.35 bits per heavy atom. The van der Waals surface area contributed by atoms with Crippen molar-refractivity contribution in [2.45, 2.75) is 44.6 Å². The van der Waals surface area contributed by atoms with E-state index < -0.39 is 15.6 Å². The topological polar surface area (TPSA) is 85.3 Å². The molecular formula is C13H18N2O4S. The smallest absolute Gasteiger partial charge is 0.244 e. The first-order valence-electron chi connectivity index (χ1n) is 6.30. The predicted molar refractivity (Wildman–Crippen MR) is 73.6 cm³/mol. The van der Waals surface area contributed by atoms with Gasteiger partial charge < -0.3 is 8.94 Å². The quantitative estimate of drug-likeness (QED) is 0.917. The van der Waals surface area contributed by atoms with Crippen LogP contribution in [0.2, 0.25) is 0 Å². The maximum atomic E-state index is 12.4. The molecule has 110 valence electrons. The first kappa shape index (κ1) is 14.8. The van der Waals surface area contributed by atoms with Gasteiger partial charge in [-0.3, -0.25) is 0 Å². The molecule has 2 aromatic heterocycles. The molecule has 2 rings (SSSR count). The first-order chi connectivity index (χ1) is 9.25. The van der Waals surface area contributed by atoms with Gasteiger partial charge in [0.1, 0.15) is 10.7 Å². The van der Waals surface area contributed by atoms with Crippen LogP contribution in [0.1, 0.15) is 33.0 Å². The van der Waals surface area contributed by atoms with Crippen LogP contribution in [0, 0.1) is 6.92 Å². The van der Waals surface area contributed by atoms with E-state index in [9.17, 15) is 8.42 Å². The van der Waals surface area contributed by atoms with Crippen LogP contribution in [0.4, 0.5) is 0 Å². The Kier molecular flexibility index (Phi) is 3.75. The molecule has 0 amide bonds. The van der Waals surface area contributed by atoms with Crippen molar-refractivity contribution in [2.24, 2.45) is 0 Å². The van der Waals surface area contributed by atoms with Crippen molar-refractivity contribution in [3.63, 3.8) is 0 Å². The van der Waals surface area contributed by atoms with Gasteiger partial charge in [0.15, 0.2) is 5.76 Å². The fourth-order valence-electron chi connectivity index (χ4n) is 1.69. The summed E-state index contributed by atoms with van der Waals surface area (Å²) >= 11 is 0. The molecule has 0 fully saturated rings. The fraction of sp³-hybridized carbons (Fsp3) is 0.462. The zero-order chi connectivity index (χ0) is 15.0. The van der Waals surface area contributed by atoms with E-state index in [4.69, 9.17) is 8.94 Å². The largest absolute Gasteiger partial charge is 0.457 e. The minimum atomic E-state index is -3.64. The standard InChI is InChI=1S/C13H18N2O4S/c1-5-13(3,4)15-20(16,17)12-8-11(18-9(12)2)10-6-7-14-19-10/h6-8,15H,5H2,1-4H3. The van der Waals surface area contributed by atoms with E-state index >= 15 is 0 Å². The molecule has 7 heteroatoms. The molecule has 0 bridgehead atoms. The normalized spacial score (nSPS) is 12.8. The lowest BCUT2D eigenvalue weighted by Crippen LogP contribution is -2.42. The first-order valence-corrected chi connectivity index (χ1v) is 7.79. The molecule has 2 aromatic rings. The Labute approximate surface area is 118 Å². The number of nitrogens with zero attached hydrogens (tertiary/aromatic N) is 1. The van der Waals surface area contributed by atoms with Crippen molar-refractivity contribution in [1.29, 1.82) is 0 Å². The van der Waals surface area contributed by atoms with Gasteiger partial charge in [0.2, 0.25) is 15.8 Å². The Morgan fingerprint density at radius 2 is 2.05 bits per heavy atom. The third kappa shape index (κ3) is 2.94. The van der Waals surface area contributed by atoms with Gasteiger partial charge >= 0.3 is 0 Å². The number of furan rings is 1. The Bertz CT molecular complexity index is 684. The molecule has 1 N–H and O–H groups in total. The van der Waals surface area contributed by atoms with E-state index in [1.54, 1.807) is 13.0 Å². The molecule has 6 nitrogen and oxygen atoms in total. The zero-order valence-corrected chi connectivity index (χ0v) is 12.7. The van der Waals surface area contributed by atoms with Gasteiger partial charge in [-0.1, -0.05) is 12.1 Å². The van der Waals surface area contributed by atoms with Crippen LogP contribution in [0.15, 0.2) is 32.2 Å². The summed E-state index contributed by atoms with van der Waals surface area (Å²) in [6, 6.07) is 3.06. The van der Waals surface area contributed by atoms with Crippen LogP contribution in [0.5, 0.6) is 0 Å². The summed E-state index contributed by atoms with van der Waals surface area (Å²) in [4.78, 5) is 0.116. The van der Waals surface area contributed by atoms with Crippen LogP contribution in [-0.2, 0) is 10.0 Å². The van der Waals surface area contributed by atoms with E-state index in [-0.39, 0.29) is 4.90 Å². The monoisotopic (exact) mass is 298 g/mol. The number of hydrogen-bond donors (Lipinski definition) is 1. The molecule has 0 atom stereocenters. The maximum absolute atomic E-state index is 12.4. The highest BCUT2D eigenvalue weighted by molar-refractivity contribution is 7.89. The van der Waals surface area contributed by atoms with Crippen molar-refractivity contribution in [2.75, 3.05) is 0 Å². The molecule has 0 spiro atoms. The molecular weight excluding hydrogens is 280 g/mol. The lowest BCUT2D eigenvalue weighted by molar-refractivity contribution is 0.414. The maximum Gasteiger partial charge on any atom is 0.244 e. The summed E-state index contributed by atoms with van der Waals surface area (Å²) < 4.78 is 37.9. The minimum absolute atomic E-state index is 0.116. The van der Waals surface area contributed by atoms with Gasteiger partial charge in [0.05, 0.1) is 6.20 Å². The van der Waals surface area contributed by atoms with Gasteiger partial charge in [0.25, 0.3) is 0 Å². The second-order valence-electron chi connectivity index (χ2n) is 5.25. The Hall–Kier alpha value is -1.60. The van der Waals surface area contributed by atoms with Gasteiger partial charge in [0, 0.05) is 17.7 Å². The summed E-state index contributed by atoms with van der Waals surface area (Å²) in [5, 5.41) is 3.57. The average Bonchev–Trinajstić information content (AvgIpc) is 2.96. The third-order valence-electron chi connectivity index (χ3n) is 3.14. The molecule has 2 heterocycles. The molecule has 0 aliphatic carbocycles. The van der Waals surface area contributed by atoms with E-state index in [1.807, 2.05) is 20.8 Å². The Morgan fingerprint density at radius 3 is 2.60 bits per heavy atom. The van der Waals surface area contributed by atoms with Crippen LogP contribution in [0.25, 0.3) is 11.5 Å². The SMILES string of the molecule is CCC(C)(C)NS(=O)(=O)c1cc(-c2ccno2)oc1C. The van der Waals surface area contributed by atoms with E-state index in [2.05, 4.69) is 9.88 Å². The van der Waals surface area contributed by atoms with Crippen molar-refractivity contribution >= 4 is 10.0 Å². The van der Waals surface area contributed by atoms with Crippen molar-refractivity contribution in [1.82, 2.24) is 9.88 Å². The number of aryl methyl sites for hydroxylation is 1. The fourth-order valence-corrected chi connectivity index (χ4v) is 3.35. The number of aromatic nitrogens is 1. The summed E-state index contributed by atoms with van der Waals surface area (Å²) in [7, 11) is -3.64. The van der Waals surface area contributed by atoms with E-state index in [0.717, 1.165) is 0 Å². The van der Waals surface area contributed by atoms with Crippen molar-refractivity contribution in [3.8, 4) is 11.5 Å². The number of rotatable bonds is 5. The van der Waals surface area contributed by atoms with Crippen molar-refractivity contribution in [3.05, 3.63) is 24.1 Å². The van der Waals surface area contributed by atoms with E-state index in [0.29, 0.717) is 23.7 Å². The number of sulfonamides is 1. The van der Waals surface area contributed by atoms with Crippen molar-refractivity contribution < 1.29 is 17.4 Å². The summed E-state index contributed by atoms with van der Waals surface area (Å²) in [6.07, 6.45) is 2.15. The second kappa shape index (κ2) is 5.06. The lowest BCUT2D eigenvalue weighted by atomic mass is 10.0. The molecule has 0 saturated carbocycles. The highest BCUT2D eigenvalue weighted by Crippen LogP contribution is 2.28. The zero-order valence-electron chi connectivity index (χ0n) is 11.9. The summed E-state index contributed by atoms with van der Waals surface area (Å²) in [5.41, 5.74) is -0.519. The highest BCUT2D eigenvalue weighted by Gasteiger charge is 2.28. The van der Waals surface area contributed by atoms with Crippen LogP contribution < -0.4 is 4.72 Å². The van der Waals surface area contributed by atoms with Gasteiger partial charge in [-0.2, -0.15) is 0 Å². The summed E-state index contributed by atoms with van der Waals surface area (Å²) in [6.45, 7) is 7.19. The lowest BCUT2D eigenvalue weighted by Gasteiger charge is -2.23. The molecule has 0 aromatic carbocycles. The minimum Gasteiger partial charge on any atom is -0.457 e. The number of nitrogens with one attached hydrogen (secondary N) is 1. The average molecular weight is 298 g/mol. The molecule has 0 aliphatic heterocycles. The molecule has 0 aliphatic rings. The highest BCUT2D eigenvalue weighted by atomic mass is 32.2. The number of hydrogen-bond acceptors (Lipinski definition) is 5. The molecule has 0 saturated heterocycles. The Balaban J connectivity index is 2.38. The molecule has 20 heavy (non-hydrogen) atoms. The second-order valence-corrected chi connectivity index (χ2v) is 6.90. The summed E-state index contributed by atoms with van der Waals surface area (Å²) in [5.74, 6) is 1.05. The predicted octanol–water partition coefficient (Wildman–Crippen LogP) is 2.71. The third-order valence-corrected chi connectivity index (χ3v) is 4.94. The van der Waals surface area contributed by atoms with Crippen LogP contribution in [0.3, 0.4) is 0 Å². The molecule has 0 radical (unpaired) electrons. The van der Waals surface area contributed by atoms with Crippen LogP contribution >= 0.6 is 0 Å². The van der Waals surface area contributed by atoms with Crippen LogP contribution in [-0.4, -0.2) is 19.1 Å². The van der Waals surface area contributed by atoms with Gasteiger partial charge in [-0.25, -0.2) is 13.1 Å². The van der Waals surface area contributed by atoms with Gasteiger partial charge in [-0.05, 0) is 27.2 Å². The van der Waals surface area contributed by atoms with E-state index in [1.165, 1.54) is 12.3 Å². The van der Waals surface area contributed by atoms with Gasteiger partial charge in [-0.15, -0.1) is 0 Å². The molecule has 0 unspecified atom stereocenters.